The summed E-state index contributed by atoms with van der Waals surface area (Å²) in [6.07, 6.45) is 2.47. The number of nitrogens with one attached hydrogen (secondary N) is 1. The van der Waals surface area contributed by atoms with Crippen LogP contribution in [0.1, 0.15) is 30.9 Å². The van der Waals surface area contributed by atoms with Crippen molar-refractivity contribution in [2.24, 2.45) is 16.3 Å². The van der Waals surface area contributed by atoms with Gasteiger partial charge in [-0.1, -0.05) is 30.3 Å². The van der Waals surface area contributed by atoms with Crippen LogP contribution in [0.2, 0.25) is 0 Å². The first kappa shape index (κ1) is 15.8. The number of nitrogens with two attached hydrogens (primary N) is 1. The molecule has 1 aromatic carbocycles. The number of nitrogens with zero attached hydrogens (tertiary/aromatic N) is 2. The lowest BCUT2D eigenvalue weighted by Gasteiger charge is -2.38. The van der Waals surface area contributed by atoms with Gasteiger partial charge in [-0.2, -0.15) is 0 Å². The minimum atomic E-state index is 0.152. The lowest BCUT2D eigenvalue weighted by Crippen LogP contribution is -2.41. The Labute approximate surface area is 126 Å². The zero-order chi connectivity index (χ0) is 15.3. The summed E-state index contributed by atoms with van der Waals surface area (Å²) in [6.45, 7) is 6.54. The number of hydrogen-bond acceptors (Lipinski definition) is 4. The molecule has 1 aliphatic heterocycles. The van der Waals surface area contributed by atoms with E-state index in [-0.39, 0.29) is 5.84 Å². The van der Waals surface area contributed by atoms with Crippen molar-refractivity contribution in [3.05, 3.63) is 35.4 Å². The van der Waals surface area contributed by atoms with Crippen molar-refractivity contribution < 1.29 is 5.21 Å². The van der Waals surface area contributed by atoms with Crippen molar-refractivity contribution in [1.29, 1.82) is 0 Å². The third-order valence-corrected chi connectivity index (χ3v) is 4.41. The third-order valence-electron chi connectivity index (χ3n) is 4.41. The van der Waals surface area contributed by atoms with E-state index in [0.29, 0.717) is 5.41 Å². The van der Waals surface area contributed by atoms with Crippen LogP contribution in [-0.2, 0) is 6.54 Å². The van der Waals surface area contributed by atoms with Gasteiger partial charge in [0.1, 0.15) is 0 Å². The molecule has 1 aromatic rings. The van der Waals surface area contributed by atoms with Crippen LogP contribution in [0, 0.1) is 5.41 Å². The second kappa shape index (κ2) is 6.91. The minimum absolute atomic E-state index is 0.152. The van der Waals surface area contributed by atoms with Crippen LogP contribution < -0.4 is 11.1 Å². The van der Waals surface area contributed by atoms with E-state index in [0.717, 1.165) is 24.2 Å². The Balaban J connectivity index is 1.86. The molecule has 4 N–H and O–H groups in total. The van der Waals surface area contributed by atoms with Gasteiger partial charge in [-0.15, -0.1) is 0 Å². The first-order valence-electron chi connectivity index (χ1n) is 7.48. The van der Waals surface area contributed by atoms with Gasteiger partial charge < -0.3 is 21.2 Å². The standard InChI is InChI=1S/C16H26N4O/c1-16(6-8-20(2)9-7-16)12-18-11-13-4-3-5-14(10-13)15(17)19-21/h3-5,10,18,21H,6-9,11-12H2,1-2H3,(H2,17,19). The highest BCUT2D eigenvalue weighted by molar-refractivity contribution is 5.97. The Morgan fingerprint density at radius 3 is 2.81 bits per heavy atom. The summed E-state index contributed by atoms with van der Waals surface area (Å²) >= 11 is 0. The average molecular weight is 290 g/mol. The second-order valence-electron chi connectivity index (χ2n) is 6.40. The topological polar surface area (TPSA) is 73.9 Å². The summed E-state index contributed by atoms with van der Waals surface area (Å²) in [7, 11) is 2.19. The van der Waals surface area contributed by atoms with Gasteiger partial charge >= 0.3 is 0 Å². The fraction of sp³-hybridized carbons (Fsp3) is 0.562. The van der Waals surface area contributed by atoms with Crippen LogP contribution in [0.15, 0.2) is 29.4 Å². The molecule has 0 amide bonds. The van der Waals surface area contributed by atoms with Crippen molar-refractivity contribution in [2.45, 2.75) is 26.3 Å². The van der Waals surface area contributed by atoms with E-state index in [2.05, 4.69) is 35.4 Å². The summed E-state index contributed by atoms with van der Waals surface area (Å²) in [5.41, 5.74) is 7.90. The highest BCUT2D eigenvalue weighted by Crippen LogP contribution is 2.29. The quantitative estimate of drug-likeness (QED) is 0.333. The largest absolute Gasteiger partial charge is 0.409 e. The van der Waals surface area contributed by atoms with Crippen LogP contribution in [-0.4, -0.2) is 42.6 Å². The number of amidine groups is 1. The van der Waals surface area contributed by atoms with E-state index in [9.17, 15) is 0 Å². The molecule has 1 saturated heterocycles. The first-order chi connectivity index (χ1) is 10.0. The molecule has 0 aromatic heterocycles. The predicted molar refractivity (Wildman–Crippen MR) is 85.5 cm³/mol. The Kier molecular flexibility index (Phi) is 5.20. The number of piperidine rings is 1. The van der Waals surface area contributed by atoms with Gasteiger partial charge in [0.25, 0.3) is 0 Å². The molecule has 0 unspecified atom stereocenters. The Hall–Kier alpha value is -1.59. The van der Waals surface area contributed by atoms with Crippen molar-refractivity contribution in [3.63, 3.8) is 0 Å². The highest BCUT2D eigenvalue weighted by atomic mass is 16.4. The maximum absolute atomic E-state index is 8.72. The van der Waals surface area contributed by atoms with Crippen LogP contribution in [0.5, 0.6) is 0 Å². The zero-order valence-corrected chi connectivity index (χ0v) is 13.0. The summed E-state index contributed by atoms with van der Waals surface area (Å²) in [4.78, 5) is 2.39. The molecule has 1 aliphatic rings. The van der Waals surface area contributed by atoms with Crippen LogP contribution in [0.4, 0.5) is 0 Å². The van der Waals surface area contributed by atoms with E-state index in [1.165, 1.54) is 25.9 Å². The molecular formula is C16H26N4O. The maximum Gasteiger partial charge on any atom is 0.170 e. The van der Waals surface area contributed by atoms with Crippen LogP contribution in [0.25, 0.3) is 0 Å². The fourth-order valence-electron chi connectivity index (χ4n) is 2.74. The Morgan fingerprint density at radius 2 is 2.14 bits per heavy atom. The van der Waals surface area contributed by atoms with Crippen molar-refractivity contribution in [2.75, 3.05) is 26.7 Å². The monoisotopic (exact) mass is 290 g/mol. The van der Waals surface area contributed by atoms with E-state index < -0.39 is 0 Å². The van der Waals surface area contributed by atoms with E-state index in [1.54, 1.807) is 0 Å². The van der Waals surface area contributed by atoms with E-state index in [1.807, 2.05) is 18.2 Å². The zero-order valence-electron chi connectivity index (χ0n) is 13.0. The van der Waals surface area contributed by atoms with Crippen molar-refractivity contribution >= 4 is 5.84 Å². The molecule has 5 heteroatoms. The molecular weight excluding hydrogens is 264 g/mol. The molecule has 0 spiro atoms. The Bertz CT molecular complexity index is 493. The summed E-state index contributed by atoms with van der Waals surface area (Å²) in [5, 5.41) is 15.3. The molecule has 1 fully saturated rings. The molecule has 1 heterocycles. The summed E-state index contributed by atoms with van der Waals surface area (Å²) < 4.78 is 0. The molecule has 0 atom stereocenters. The third kappa shape index (κ3) is 4.44. The number of likely N-dealkylation sites (tertiary alicyclic amines) is 1. The number of benzene rings is 1. The number of oxime groups is 1. The molecule has 5 nitrogen and oxygen atoms in total. The molecule has 0 radical (unpaired) electrons. The SMILES string of the molecule is CN1CCC(C)(CNCc2cccc(/C(N)=N/O)c2)CC1. The molecule has 0 bridgehead atoms. The maximum atomic E-state index is 8.72. The van der Waals surface area contributed by atoms with E-state index in [4.69, 9.17) is 10.9 Å². The predicted octanol–water partition coefficient (Wildman–Crippen LogP) is 1.60. The lowest BCUT2D eigenvalue weighted by molar-refractivity contribution is 0.137. The molecule has 2 rings (SSSR count). The number of rotatable bonds is 5. The van der Waals surface area contributed by atoms with E-state index >= 15 is 0 Å². The van der Waals surface area contributed by atoms with Crippen molar-refractivity contribution in [3.8, 4) is 0 Å². The summed E-state index contributed by atoms with van der Waals surface area (Å²) in [5.74, 6) is 0.152. The smallest absolute Gasteiger partial charge is 0.170 e. The van der Waals surface area contributed by atoms with Crippen LogP contribution >= 0.6 is 0 Å². The van der Waals surface area contributed by atoms with Gasteiger partial charge in [0.15, 0.2) is 5.84 Å². The lowest BCUT2D eigenvalue weighted by atomic mass is 9.80. The Morgan fingerprint density at radius 1 is 1.43 bits per heavy atom. The van der Waals surface area contributed by atoms with Crippen molar-refractivity contribution in [1.82, 2.24) is 10.2 Å². The summed E-state index contributed by atoms with van der Waals surface area (Å²) in [6, 6.07) is 7.79. The highest BCUT2D eigenvalue weighted by Gasteiger charge is 2.28. The normalized spacial score (nSPS) is 19.6. The number of hydrogen-bond donors (Lipinski definition) is 3. The van der Waals surface area contributed by atoms with Gasteiger partial charge in [-0.05, 0) is 50.0 Å². The van der Waals surface area contributed by atoms with Gasteiger partial charge in [0.05, 0.1) is 0 Å². The molecule has 116 valence electrons. The van der Waals surface area contributed by atoms with Crippen LogP contribution in [0.3, 0.4) is 0 Å². The molecule has 21 heavy (non-hydrogen) atoms. The second-order valence-corrected chi connectivity index (χ2v) is 6.40. The average Bonchev–Trinajstić information content (AvgIpc) is 2.50. The van der Waals surface area contributed by atoms with Gasteiger partial charge in [-0.25, -0.2) is 0 Å². The first-order valence-corrected chi connectivity index (χ1v) is 7.48. The molecule has 0 saturated carbocycles. The molecule has 0 aliphatic carbocycles. The minimum Gasteiger partial charge on any atom is -0.409 e. The van der Waals surface area contributed by atoms with Gasteiger partial charge in [0.2, 0.25) is 0 Å². The van der Waals surface area contributed by atoms with Gasteiger partial charge in [-0.3, -0.25) is 0 Å². The van der Waals surface area contributed by atoms with Gasteiger partial charge in [0, 0.05) is 18.7 Å². The fourth-order valence-corrected chi connectivity index (χ4v) is 2.74.